The molecule has 1 fully saturated rings. The van der Waals surface area contributed by atoms with Crippen molar-refractivity contribution in [2.75, 3.05) is 33.3 Å². The van der Waals surface area contributed by atoms with Gasteiger partial charge >= 0.3 is 0 Å². The third-order valence-electron chi connectivity index (χ3n) is 5.16. The molecule has 28 heavy (non-hydrogen) atoms. The van der Waals surface area contributed by atoms with Crippen LogP contribution in [0.15, 0.2) is 42.5 Å². The summed E-state index contributed by atoms with van der Waals surface area (Å²) in [6.07, 6.45) is 0. The Hall–Kier alpha value is -2.57. The summed E-state index contributed by atoms with van der Waals surface area (Å²) in [6, 6.07) is 12.3. The van der Waals surface area contributed by atoms with Gasteiger partial charge in [0.2, 0.25) is 0 Å². The highest BCUT2D eigenvalue weighted by Crippen LogP contribution is 2.23. The van der Waals surface area contributed by atoms with Crippen LogP contribution in [0.1, 0.15) is 16.1 Å². The predicted molar refractivity (Wildman–Crippen MR) is 107 cm³/mol. The van der Waals surface area contributed by atoms with Gasteiger partial charge in [-0.15, -0.1) is 0 Å². The Bertz CT molecular complexity index is 992. The first kappa shape index (κ1) is 18.8. The van der Waals surface area contributed by atoms with Crippen molar-refractivity contribution in [3.8, 4) is 5.75 Å². The fourth-order valence-corrected chi connectivity index (χ4v) is 3.76. The van der Waals surface area contributed by atoms with Crippen LogP contribution in [-0.4, -0.2) is 54.0 Å². The molecule has 0 atom stereocenters. The van der Waals surface area contributed by atoms with Gasteiger partial charge in [-0.1, -0.05) is 17.7 Å². The van der Waals surface area contributed by atoms with Crippen molar-refractivity contribution in [3.63, 3.8) is 0 Å². The number of methoxy groups -OCH3 is 1. The van der Waals surface area contributed by atoms with E-state index >= 15 is 0 Å². The normalized spacial score (nSPS) is 15.2. The number of hydrogen-bond acceptors (Lipinski definition) is 3. The number of hydrogen-bond donors (Lipinski definition) is 1. The molecule has 1 amide bonds. The zero-order valence-corrected chi connectivity index (χ0v) is 16.3. The molecule has 1 aliphatic rings. The Morgan fingerprint density at radius 3 is 2.68 bits per heavy atom. The van der Waals surface area contributed by atoms with Gasteiger partial charge in [0.15, 0.2) is 0 Å². The number of carbonyl (C=O) groups is 1. The molecule has 0 spiro atoms. The number of nitrogens with zero attached hydrogens (tertiary/aromatic N) is 2. The minimum absolute atomic E-state index is 0.0289. The number of rotatable bonds is 4. The highest BCUT2D eigenvalue weighted by molar-refractivity contribution is 6.31. The number of carbonyl (C=O) groups excluding carboxylic acids is 1. The first-order valence-corrected chi connectivity index (χ1v) is 9.54. The Labute approximate surface area is 167 Å². The zero-order chi connectivity index (χ0) is 19.7. The molecular formula is C21H21ClFN3O2. The van der Waals surface area contributed by atoms with E-state index in [1.807, 2.05) is 29.2 Å². The average Bonchev–Trinajstić information content (AvgIpc) is 3.14. The van der Waals surface area contributed by atoms with Crippen LogP contribution < -0.4 is 4.74 Å². The number of piperazine rings is 1. The van der Waals surface area contributed by atoms with Gasteiger partial charge in [-0.25, -0.2) is 4.39 Å². The molecule has 2 aromatic carbocycles. The molecule has 0 saturated carbocycles. The molecule has 0 aliphatic carbocycles. The summed E-state index contributed by atoms with van der Waals surface area (Å²) in [5.41, 5.74) is 1.94. The lowest BCUT2D eigenvalue weighted by Crippen LogP contribution is -2.48. The van der Waals surface area contributed by atoms with Gasteiger partial charge in [-0.2, -0.15) is 0 Å². The van der Waals surface area contributed by atoms with Gasteiger partial charge in [0.25, 0.3) is 5.91 Å². The van der Waals surface area contributed by atoms with Crippen LogP contribution in [0.2, 0.25) is 5.02 Å². The van der Waals surface area contributed by atoms with Gasteiger partial charge in [0.05, 0.1) is 7.11 Å². The molecule has 0 bridgehead atoms. The lowest BCUT2D eigenvalue weighted by Gasteiger charge is -2.34. The SMILES string of the molecule is COc1ccc2cc(C(=O)N3CCN(Cc4c(F)cccc4Cl)CC3)[nH]c2c1. The number of fused-ring (bicyclic) bond motifs is 1. The lowest BCUT2D eigenvalue weighted by molar-refractivity contribution is 0.0622. The van der Waals surface area contributed by atoms with Crippen LogP contribution in [0.3, 0.4) is 0 Å². The van der Waals surface area contributed by atoms with Crippen molar-refractivity contribution >= 4 is 28.4 Å². The number of nitrogens with one attached hydrogen (secondary N) is 1. The van der Waals surface area contributed by atoms with Crippen molar-refractivity contribution in [3.05, 3.63) is 64.6 Å². The number of aromatic amines is 1. The van der Waals surface area contributed by atoms with Crippen LogP contribution in [0.5, 0.6) is 5.75 Å². The summed E-state index contributed by atoms with van der Waals surface area (Å²) in [4.78, 5) is 20.0. The third kappa shape index (κ3) is 3.70. The monoisotopic (exact) mass is 401 g/mol. The fourth-order valence-electron chi connectivity index (χ4n) is 3.53. The lowest BCUT2D eigenvalue weighted by atomic mass is 10.1. The smallest absolute Gasteiger partial charge is 0.270 e. The summed E-state index contributed by atoms with van der Waals surface area (Å²) >= 11 is 6.12. The molecular weight excluding hydrogens is 381 g/mol. The van der Waals surface area contributed by atoms with Crippen molar-refractivity contribution in [2.24, 2.45) is 0 Å². The molecule has 2 heterocycles. The largest absolute Gasteiger partial charge is 0.497 e. The summed E-state index contributed by atoms with van der Waals surface area (Å²) in [7, 11) is 1.62. The van der Waals surface area contributed by atoms with Crippen molar-refractivity contribution in [2.45, 2.75) is 6.54 Å². The fraction of sp³-hybridized carbons (Fsp3) is 0.286. The summed E-state index contributed by atoms with van der Waals surface area (Å²) in [5.74, 6) is 0.423. The molecule has 4 rings (SSSR count). The van der Waals surface area contributed by atoms with E-state index in [1.165, 1.54) is 6.07 Å². The third-order valence-corrected chi connectivity index (χ3v) is 5.52. The molecule has 0 unspecified atom stereocenters. The molecule has 146 valence electrons. The van der Waals surface area contributed by atoms with Gasteiger partial charge in [-0.05, 0) is 30.3 Å². The van der Waals surface area contributed by atoms with E-state index in [-0.39, 0.29) is 11.7 Å². The minimum Gasteiger partial charge on any atom is -0.497 e. The maximum absolute atomic E-state index is 14.0. The van der Waals surface area contributed by atoms with E-state index in [4.69, 9.17) is 16.3 Å². The molecule has 1 aliphatic heterocycles. The van der Waals surface area contributed by atoms with E-state index in [2.05, 4.69) is 9.88 Å². The molecule has 5 nitrogen and oxygen atoms in total. The summed E-state index contributed by atoms with van der Waals surface area (Å²) in [5, 5.41) is 1.41. The quantitative estimate of drug-likeness (QED) is 0.720. The van der Waals surface area contributed by atoms with Crippen LogP contribution >= 0.6 is 11.6 Å². The Kier molecular flexibility index (Phi) is 5.24. The second-order valence-corrected chi connectivity index (χ2v) is 7.31. The van der Waals surface area contributed by atoms with Crippen LogP contribution in [0.25, 0.3) is 10.9 Å². The molecule has 1 saturated heterocycles. The zero-order valence-electron chi connectivity index (χ0n) is 15.5. The second kappa shape index (κ2) is 7.81. The number of ether oxygens (including phenoxy) is 1. The summed E-state index contributed by atoms with van der Waals surface area (Å²) < 4.78 is 19.2. The van der Waals surface area contributed by atoms with E-state index in [0.717, 1.165) is 16.7 Å². The molecule has 1 aromatic heterocycles. The molecule has 7 heteroatoms. The van der Waals surface area contributed by atoms with Crippen LogP contribution in [0.4, 0.5) is 4.39 Å². The molecule has 1 N–H and O–H groups in total. The highest BCUT2D eigenvalue weighted by Gasteiger charge is 2.24. The Morgan fingerprint density at radius 1 is 1.18 bits per heavy atom. The first-order valence-electron chi connectivity index (χ1n) is 9.16. The number of benzene rings is 2. The Balaban J connectivity index is 1.41. The minimum atomic E-state index is -0.292. The maximum atomic E-state index is 14.0. The van der Waals surface area contributed by atoms with E-state index in [0.29, 0.717) is 49.0 Å². The van der Waals surface area contributed by atoms with E-state index in [9.17, 15) is 9.18 Å². The Morgan fingerprint density at radius 2 is 1.96 bits per heavy atom. The molecule has 3 aromatic rings. The number of aromatic nitrogens is 1. The van der Waals surface area contributed by atoms with Gasteiger partial charge in [0.1, 0.15) is 17.3 Å². The standard InChI is InChI=1S/C21H21ClFN3O2/c1-28-15-6-5-14-11-20(24-19(14)12-15)21(27)26-9-7-25(8-10-26)13-16-17(22)3-2-4-18(16)23/h2-6,11-12,24H,7-10,13H2,1H3. The van der Waals surface area contributed by atoms with Gasteiger partial charge in [0, 0.05) is 60.3 Å². The second-order valence-electron chi connectivity index (χ2n) is 6.90. The van der Waals surface area contributed by atoms with E-state index in [1.54, 1.807) is 19.2 Å². The average molecular weight is 402 g/mol. The highest BCUT2D eigenvalue weighted by atomic mass is 35.5. The van der Waals surface area contributed by atoms with Gasteiger partial charge < -0.3 is 14.6 Å². The van der Waals surface area contributed by atoms with Crippen molar-refractivity contribution in [1.29, 1.82) is 0 Å². The number of amides is 1. The van der Waals surface area contributed by atoms with Crippen LogP contribution in [-0.2, 0) is 6.54 Å². The van der Waals surface area contributed by atoms with Crippen LogP contribution in [0, 0.1) is 5.82 Å². The topological polar surface area (TPSA) is 48.6 Å². The molecule has 0 radical (unpaired) electrons. The first-order chi connectivity index (χ1) is 13.5. The van der Waals surface area contributed by atoms with Crippen molar-refractivity contribution < 1.29 is 13.9 Å². The predicted octanol–water partition coefficient (Wildman–Crippen LogP) is 3.93. The van der Waals surface area contributed by atoms with Crippen molar-refractivity contribution in [1.82, 2.24) is 14.8 Å². The number of H-pyrrole nitrogens is 1. The van der Waals surface area contributed by atoms with Gasteiger partial charge in [-0.3, -0.25) is 9.69 Å². The number of halogens is 2. The maximum Gasteiger partial charge on any atom is 0.270 e. The summed E-state index contributed by atoms with van der Waals surface area (Å²) in [6.45, 7) is 2.96. The van der Waals surface area contributed by atoms with E-state index < -0.39 is 0 Å².